The zero-order chi connectivity index (χ0) is 26.0. The van der Waals surface area contributed by atoms with Crippen LogP contribution in [0.5, 0.6) is 0 Å². The minimum Gasteiger partial charge on any atom is -0.481 e. The first-order valence-electron chi connectivity index (χ1n) is 11.7. The van der Waals surface area contributed by atoms with Crippen LogP contribution < -0.4 is 16.0 Å². The molecule has 2 aromatic carbocycles. The molecule has 0 bridgehead atoms. The minimum atomic E-state index is -1.05. The molecule has 0 spiro atoms. The van der Waals surface area contributed by atoms with Gasteiger partial charge in [0.1, 0.15) is 18.4 Å². The van der Waals surface area contributed by atoms with Crippen LogP contribution in [-0.2, 0) is 19.2 Å². The lowest BCUT2D eigenvalue weighted by Gasteiger charge is -2.24. The maximum Gasteiger partial charge on any atom is 0.304 e. The molecule has 9 nitrogen and oxygen atoms in total. The number of carboxylic acid groups (broad SMARTS) is 1. The van der Waals surface area contributed by atoms with Gasteiger partial charge in [0.15, 0.2) is 0 Å². The highest BCUT2D eigenvalue weighted by Gasteiger charge is 2.27. The second kappa shape index (κ2) is 13.2. The number of rotatable bonds is 13. The van der Waals surface area contributed by atoms with Crippen LogP contribution in [0.15, 0.2) is 42.5 Å². The molecule has 0 aromatic heterocycles. The molecular formula is C26H33N3O6. The lowest BCUT2D eigenvalue weighted by atomic mass is 10.0. The molecule has 188 valence electrons. The minimum absolute atomic E-state index is 0.223. The summed E-state index contributed by atoms with van der Waals surface area (Å²) >= 11 is 0. The van der Waals surface area contributed by atoms with Gasteiger partial charge in [0.05, 0.1) is 6.42 Å². The molecule has 35 heavy (non-hydrogen) atoms. The molecule has 0 fully saturated rings. The third kappa shape index (κ3) is 8.20. The van der Waals surface area contributed by atoms with Crippen LogP contribution in [0.4, 0.5) is 0 Å². The number of carbonyl (C=O) groups is 5. The van der Waals surface area contributed by atoms with Crippen LogP contribution in [0.2, 0.25) is 0 Å². The van der Waals surface area contributed by atoms with Gasteiger partial charge in [-0.3, -0.25) is 19.2 Å². The summed E-state index contributed by atoms with van der Waals surface area (Å²) in [5.74, 6) is -3.13. The van der Waals surface area contributed by atoms with Crippen molar-refractivity contribution in [3.8, 4) is 0 Å². The predicted octanol–water partition coefficient (Wildman–Crippen LogP) is 2.29. The predicted molar refractivity (Wildman–Crippen MR) is 132 cm³/mol. The number of fused-ring (bicyclic) bond motifs is 1. The lowest BCUT2D eigenvalue weighted by Crippen LogP contribution is -2.54. The molecule has 0 radical (unpaired) electrons. The monoisotopic (exact) mass is 483 g/mol. The Labute approximate surface area is 204 Å². The highest BCUT2D eigenvalue weighted by molar-refractivity contribution is 6.08. The molecule has 0 aliphatic carbocycles. The molecule has 2 unspecified atom stereocenters. The van der Waals surface area contributed by atoms with Gasteiger partial charge in [-0.15, -0.1) is 0 Å². The third-order valence-electron chi connectivity index (χ3n) is 5.70. The van der Waals surface area contributed by atoms with Crippen LogP contribution in [0.1, 0.15) is 50.4 Å². The van der Waals surface area contributed by atoms with E-state index in [1.807, 2.05) is 30.3 Å². The first-order chi connectivity index (χ1) is 16.6. The molecule has 9 heteroatoms. The Kier molecular flexibility index (Phi) is 10.4. The van der Waals surface area contributed by atoms with Gasteiger partial charge in [-0.1, -0.05) is 50.2 Å². The molecule has 0 aliphatic heterocycles. The summed E-state index contributed by atoms with van der Waals surface area (Å²) in [7, 11) is 0. The summed E-state index contributed by atoms with van der Waals surface area (Å²) in [5, 5.41) is 18.6. The van der Waals surface area contributed by atoms with Gasteiger partial charge < -0.3 is 25.9 Å². The molecule has 3 amide bonds. The largest absolute Gasteiger partial charge is 0.481 e. The van der Waals surface area contributed by atoms with Crippen molar-refractivity contribution in [3.05, 3.63) is 48.0 Å². The normalized spacial score (nSPS) is 13.5. The van der Waals surface area contributed by atoms with E-state index in [9.17, 15) is 24.0 Å². The number of amides is 3. The molecule has 0 saturated heterocycles. The zero-order valence-electron chi connectivity index (χ0n) is 20.2. The molecule has 0 aliphatic rings. The van der Waals surface area contributed by atoms with Gasteiger partial charge in [-0.25, -0.2) is 0 Å². The number of hydrogen-bond donors (Lipinski definition) is 4. The number of benzene rings is 2. The highest BCUT2D eigenvalue weighted by Crippen LogP contribution is 2.19. The van der Waals surface area contributed by atoms with Gasteiger partial charge in [0.2, 0.25) is 11.8 Å². The summed E-state index contributed by atoms with van der Waals surface area (Å²) in [5.41, 5.74) is 0.462. The molecule has 4 N–H and O–H groups in total. The van der Waals surface area contributed by atoms with Crippen molar-refractivity contribution in [3.63, 3.8) is 0 Å². The summed E-state index contributed by atoms with van der Waals surface area (Å²) in [6.07, 6.45) is 1.13. The third-order valence-corrected chi connectivity index (χ3v) is 5.70. The number of carboxylic acids is 1. The Morgan fingerprint density at radius 3 is 2.29 bits per heavy atom. The van der Waals surface area contributed by atoms with Gasteiger partial charge in [0, 0.05) is 18.0 Å². The lowest BCUT2D eigenvalue weighted by molar-refractivity contribution is -0.139. The number of hydrogen-bond acceptors (Lipinski definition) is 5. The fraction of sp³-hybridized carbons (Fsp3) is 0.423. The summed E-state index contributed by atoms with van der Waals surface area (Å²) in [6.45, 7) is 5.39. The van der Waals surface area contributed by atoms with E-state index in [0.717, 1.165) is 10.8 Å². The molecule has 3 atom stereocenters. The van der Waals surface area contributed by atoms with Gasteiger partial charge in [0.25, 0.3) is 5.91 Å². The van der Waals surface area contributed by atoms with Crippen LogP contribution in [0, 0.1) is 11.8 Å². The van der Waals surface area contributed by atoms with E-state index in [1.54, 1.807) is 26.0 Å². The molecule has 2 rings (SSSR count). The van der Waals surface area contributed by atoms with Crippen molar-refractivity contribution in [2.75, 3.05) is 6.54 Å². The smallest absolute Gasteiger partial charge is 0.304 e. The van der Waals surface area contributed by atoms with E-state index in [-0.39, 0.29) is 24.8 Å². The summed E-state index contributed by atoms with van der Waals surface area (Å²) < 4.78 is 0. The molecular weight excluding hydrogens is 450 g/mol. The second-order valence-corrected chi connectivity index (χ2v) is 8.88. The average molecular weight is 484 g/mol. The van der Waals surface area contributed by atoms with E-state index >= 15 is 0 Å². The number of carbonyl (C=O) groups excluding carboxylic acids is 4. The second-order valence-electron chi connectivity index (χ2n) is 8.88. The number of aliphatic carboxylic acids is 1. The van der Waals surface area contributed by atoms with Crippen LogP contribution in [0.25, 0.3) is 10.8 Å². The fourth-order valence-electron chi connectivity index (χ4n) is 3.72. The quantitative estimate of drug-likeness (QED) is 0.254. The maximum absolute atomic E-state index is 13.0. The van der Waals surface area contributed by atoms with Crippen molar-refractivity contribution in [2.24, 2.45) is 11.8 Å². The topological polar surface area (TPSA) is 142 Å². The SMILES string of the molecule is CC(C)C(NC(=O)c1cccc2ccccc12)C(=O)N[C@@H](C)C(=O)NCCCC(C=O)CC(=O)O. The van der Waals surface area contributed by atoms with Gasteiger partial charge >= 0.3 is 5.97 Å². The zero-order valence-corrected chi connectivity index (χ0v) is 20.2. The van der Waals surface area contributed by atoms with Crippen molar-refractivity contribution >= 4 is 40.7 Å². The van der Waals surface area contributed by atoms with E-state index in [0.29, 0.717) is 24.7 Å². The summed E-state index contributed by atoms with van der Waals surface area (Å²) in [6, 6.07) is 11.2. The molecule has 0 heterocycles. The van der Waals surface area contributed by atoms with Crippen molar-refractivity contribution in [1.82, 2.24) is 16.0 Å². The summed E-state index contributed by atoms with van der Waals surface area (Å²) in [4.78, 5) is 59.9. The Balaban J connectivity index is 1.92. The standard InChI is InChI=1S/C26H33N3O6/c1-16(2)23(29-25(34)21-12-6-10-19-9-4-5-11-20(19)21)26(35)28-17(3)24(33)27-13-7-8-18(15-30)14-22(31)32/h4-6,9-12,15-18,23H,7-8,13-14H2,1-3H3,(H,27,33)(H,28,35)(H,29,34)(H,31,32)/t17-,18?,23?/m0/s1. The Morgan fingerprint density at radius 1 is 0.943 bits per heavy atom. The van der Waals surface area contributed by atoms with Crippen LogP contribution in [0.3, 0.4) is 0 Å². The van der Waals surface area contributed by atoms with Crippen molar-refractivity contribution in [1.29, 1.82) is 0 Å². The van der Waals surface area contributed by atoms with E-state index in [4.69, 9.17) is 5.11 Å². The molecule has 0 saturated carbocycles. The maximum atomic E-state index is 13.0. The molecule has 2 aromatic rings. The van der Waals surface area contributed by atoms with Crippen molar-refractivity contribution in [2.45, 2.75) is 52.1 Å². The van der Waals surface area contributed by atoms with E-state index in [2.05, 4.69) is 16.0 Å². The number of aldehydes is 1. The van der Waals surface area contributed by atoms with E-state index in [1.165, 1.54) is 6.92 Å². The average Bonchev–Trinajstić information content (AvgIpc) is 2.82. The first-order valence-corrected chi connectivity index (χ1v) is 11.7. The Hall–Kier alpha value is -3.75. The number of nitrogens with one attached hydrogen (secondary N) is 3. The van der Waals surface area contributed by atoms with E-state index < -0.39 is 35.8 Å². The van der Waals surface area contributed by atoms with Gasteiger partial charge in [-0.05, 0) is 42.5 Å². The van der Waals surface area contributed by atoms with Crippen molar-refractivity contribution < 1.29 is 29.1 Å². The Morgan fingerprint density at radius 2 is 1.63 bits per heavy atom. The van der Waals surface area contributed by atoms with Gasteiger partial charge in [-0.2, -0.15) is 0 Å². The first kappa shape index (κ1) is 27.5. The van der Waals surface area contributed by atoms with Crippen LogP contribution >= 0.6 is 0 Å². The Bertz CT molecular complexity index is 1060. The fourth-order valence-corrected chi connectivity index (χ4v) is 3.72. The van der Waals surface area contributed by atoms with Crippen LogP contribution in [-0.4, -0.2) is 53.7 Å². The highest BCUT2D eigenvalue weighted by atomic mass is 16.4.